The van der Waals surface area contributed by atoms with Crippen molar-refractivity contribution in [2.75, 3.05) is 24.8 Å². The first-order chi connectivity index (χ1) is 10.5. The number of ether oxygens (including phenoxy) is 2. The lowest BCUT2D eigenvalue weighted by molar-refractivity contribution is -0.118. The summed E-state index contributed by atoms with van der Waals surface area (Å²) in [4.78, 5) is 11.9. The number of rotatable bonds is 5. The molecule has 0 aliphatic heterocycles. The number of hydrogen-bond acceptors (Lipinski definition) is 4. The van der Waals surface area contributed by atoms with Crippen LogP contribution >= 0.6 is 11.6 Å². The summed E-state index contributed by atoms with van der Waals surface area (Å²) in [6.45, 7) is 1.70. The first-order valence-electron chi connectivity index (χ1n) is 6.62. The maximum Gasteiger partial charge on any atom is 0.262 e. The van der Waals surface area contributed by atoms with Gasteiger partial charge in [-0.1, -0.05) is 11.6 Å². The number of halogens is 1. The molecule has 5 nitrogen and oxygen atoms in total. The molecule has 0 saturated heterocycles. The fourth-order valence-corrected chi connectivity index (χ4v) is 2.25. The van der Waals surface area contributed by atoms with Crippen LogP contribution in [-0.2, 0) is 4.79 Å². The summed E-state index contributed by atoms with van der Waals surface area (Å²) in [6.07, 6.45) is 0. The Kier molecular flexibility index (Phi) is 5.12. The normalized spacial score (nSPS) is 10.1. The lowest BCUT2D eigenvalue weighted by atomic mass is 10.2. The SMILES string of the molecule is COc1ccc(OCC(=O)Nc2c(C)cc(N)cc2Cl)cc1. The van der Waals surface area contributed by atoms with Gasteiger partial charge in [-0.2, -0.15) is 0 Å². The fourth-order valence-electron chi connectivity index (χ4n) is 1.93. The molecule has 1 amide bonds. The highest BCUT2D eigenvalue weighted by molar-refractivity contribution is 6.34. The number of carbonyl (C=O) groups excluding carboxylic acids is 1. The van der Waals surface area contributed by atoms with Crippen LogP contribution in [0.1, 0.15) is 5.56 Å². The molecule has 116 valence electrons. The molecule has 0 heterocycles. The van der Waals surface area contributed by atoms with Crippen LogP contribution in [0.5, 0.6) is 11.5 Å². The molecule has 0 radical (unpaired) electrons. The van der Waals surface area contributed by atoms with E-state index in [1.807, 2.05) is 6.92 Å². The second-order valence-electron chi connectivity index (χ2n) is 4.71. The van der Waals surface area contributed by atoms with E-state index < -0.39 is 0 Å². The van der Waals surface area contributed by atoms with Crippen LogP contribution in [-0.4, -0.2) is 19.6 Å². The number of nitrogen functional groups attached to an aromatic ring is 1. The number of nitrogens with two attached hydrogens (primary N) is 1. The molecule has 2 aromatic carbocycles. The standard InChI is InChI=1S/C16H17ClN2O3/c1-10-7-11(18)8-14(17)16(10)19-15(20)9-22-13-5-3-12(21-2)4-6-13/h3-8H,9,18H2,1-2H3,(H,19,20). The number of aryl methyl sites for hydroxylation is 1. The minimum absolute atomic E-state index is 0.119. The Labute approximate surface area is 134 Å². The molecule has 6 heteroatoms. The van der Waals surface area contributed by atoms with Crippen molar-refractivity contribution in [2.45, 2.75) is 6.92 Å². The fraction of sp³-hybridized carbons (Fsp3) is 0.188. The topological polar surface area (TPSA) is 73.6 Å². The van der Waals surface area contributed by atoms with E-state index in [-0.39, 0.29) is 12.5 Å². The van der Waals surface area contributed by atoms with Crippen LogP contribution in [0, 0.1) is 6.92 Å². The Balaban J connectivity index is 1.95. The molecule has 0 bridgehead atoms. The van der Waals surface area contributed by atoms with E-state index in [2.05, 4.69) is 5.32 Å². The predicted molar refractivity (Wildman–Crippen MR) is 87.7 cm³/mol. The molecule has 0 aliphatic carbocycles. The summed E-state index contributed by atoms with van der Waals surface area (Å²) < 4.78 is 10.5. The van der Waals surface area contributed by atoms with Crippen LogP contribution in [0.3, 0.4) is 0 Å². The Morgan fingerprint density at radius 3 is 2.45 bits per heavy atom. The third-order valence-electron chi connectivity index (χ3n) is 3.00. The smallest absolute Gasteiger partial charge is 0.262 e. The molecule has 0 fully saturated rings. The van der Waals surface area contributed by atoms with Gasteiger partial charge >= 0.3 is 0 Å². The maximum atomic E-state index is 11.9. The molecule has 0 unspecified atom stereocenters. The number of anilines is 2. The van der Waals surface area contributed by atoms with Gasteiger partial charge in [0.05, 0.1) is 17.8 Å². The van der Waals surface area contributed by atoms with E-state index in [4.69, 9.17) is 26.8 Å². The summed E-state index contributed by atoms with van der Waals surface area (Å²) in [5, 5.41) is 3.12. The second kappa shape index (κ2) is 7.04. The van der Waals surface area contributed by atoms with Gasteiger partial charge in [0.25, 0.3) is 5.91 Å². The van der Waals surface area contributed by atoms with Gasteiger partial charge in [-0.05, 0) is 48.9 Å². The highest BCUT2D eigenvalue weighted by Gasteiger charge is 2.10. The zero-order chi connectivity index (χ0) is 16.1. The number of methoxy groups -OCH3 is 1. The maximum absolute atomic E-state index is 11.9. The van der Waals surface area contributed by atoms with E-state index in [1.165, 1.54) is 0 Å². The Morgan fingerprint density at radius 2 is 1.86 bits per heavy atom. The van der Waals surface area contributed by atoms with Gasteiger partial charge in [0.2, 0.25) is 0 Å². The van der Waals surface area contributed by atoms with Gasteiger partial charge in [-0.15, -0.1) is 0 Å². The summed E-state index contributed by atoms with van der Waals surface area (Å²) >= 11 is 6.08. The largest absolute Gasteiger partial charge is 0.497 e. The summed E-state index contributed by atoms with van der Waals surface area (Å²) in [7, 11) is 1.59. The monoisotopic (exact) mass is 320 g/mol. The first kappa shape index (κ1) is 16.0. The van der Waals surface area contributed by atoms with Gasteiger partial charge in [0.1, 0.15) is 11.5 Å². The van der Waals surface area contributed by atoms with Gasteiger partial charge in [0.15, 0.2) is 6.61 Å². The van der Waals surface area contributed by atoms with Gasteiger partial charge in [-0.3, -0.25) is 4.79 Å². The molecule has 0 atom stereocenters. The number of nitrogens with one attached hydrogen (secondary N) is 1. The summed E-state index contributed by atoms with van der Waals surface area (Å²) in [5.74, 6) is 1.00. The Morgan fingerprint density at radius 1 is 1.23 bits per heavy atom. The Bertz CT molecular complexity index is 649. The van der Waals surface area contributed by atoms with Crippen molar-refractivity contribution in [3.8, 4) is 11.5 Å². The average molecular weight is 321 g/mol. The molecule has 2 aromatic rings. The van der Waals surface area contributed by atoms with Crippen LogP contribution in [0.25, 0.3) is 0 Å². The van der Waals surface area contributed by atoms with E-state index in [0.29, 0.717) is 22.1 Å². The quantitative estimate of drug-likeness (QED) is 0.829. The lowest BCUT2D eigenvalue weighted by Gasteiger charge is -2.12. The van der Waals surface area contributed by atoms with E-state index in [9.17, 15) is 4.79 Å². The minimum Gasteiger partial charge on any atom is -0.497 e. The van der Waals surface area contributed by atoms with Crippen molar-refractivity contribution >= 4 is 28.9 Å². The molecule has 0 aliphatic rings. The molecule has 0 spiro atoms. The highest BCUT2D eigenvalue weighted by atomic mass is 35.5. The van der Waals surface area contributed by atoms with Crippen molar-refractivity contribution in [2.24, 2.45) is 0 Å². The Hall–Kier alpha value is -2.40. The van der Waals surface area contributed by atoms with Gasteiger partial charge in [0, 0.05) is 5.69 Å². The summed E-state index contributed by atoms with van der Waals surface area (Å²) in [6, 6.07) is 10.3. The van der Waals surface area contributed by atoms with E-state index in [0.717, 1.165) is 11.3 Å². The van der Waals surface area contributed by atoms with Gasteiger partial charge in [-0.25, -0.2) is 0 Å². The van der Waals surface area contributed by atoms with Crippen LogP contribution in [0.15, 0.2) is 36.4 Å². The number of amides is 1. The highest BCUT2D eigenvalue weighted by Crippen LogP contribution is 2.28. The molecular formula is C16H17ClN2O3. The van der Waals surface area contributed by atoms with Crippen molar-refractivity contribution < 1.29 is 14.3 Å². The van der Waals surface area contributed by atoms with Crippen LogP contribution in [0.2, 0.25) is 5.02 Å². The second-order valence-corrected chi connectivity index (χ2v) is 5.11. The van der Waals surface area contributed by atoms with Crippen molar-refractivity contribution in [3.63, 3.8) is 0 Å². The third-order valence-corrected chi connectivity index (χ3v) is 3.30. The zero-order valence-electron chi connectivity index (χ0n) is 12.4. The van der Waals surface area contributed by atoms with Crippen molar-refractivity contribution in [1.82, 2.24) is 0 Å². The number of carbonyl (C=O) groups is 1. The first-order valence-corrected chi connectivity index (χ1v) is 6.99. The van der Waals surface area contributed by atoms with Crippen LogP contribution < -0.4 is 20.5 Å². The molecule has 3 N–H and O–H groups in total. The van der Waals surface area contributed by atoms with E-state index in [1.54, 1.807) is 43.5 Å². The molecule has 0 saturated carbocycles. The molecule has 22 heavy (non-hydrogen) atoms. The number of hydrogen-bond donors (Lipinski definition) is 2. The summed E-state index contributed by atoms with van der Waals surface area (Å²) in [5.41, 5.74) is 7.57. The van der Waals surface area contributed by atoms with Gasteiger partial charge < -0.3 is 20.5 Å². The van der Waals surface area contributed by atoms with E-state index >= 15 is 0 Å². The predicted octanol–water partition coefficient (Wildman–Crippen LogP) is 3.26. The third kappa shape index (κ3) is 4.05. The lowest BCUT2D eigenvalue weighted by Crippen LogP contribution is -2.21. The van der Waals surface area contributed by atoms with Crippen molar-refractivity contribution in [3.05, 3.63) is 47.0 Å². The number of benzene rings is 2. The molecule has 2 rings (SSSR count). The average Bonchev–Trinajstić information content (AvgIpc) is 2.49. The molecular weight excluding hydrogens is 304 g/mol. The minimum atomic E-state index is -0.300. The zero-order valence-corrected chi connectivity index (χ0v) is 13.1. The molecule has 0 aromatic heterocycles. The van der Waals surface area contributed by atoms with Crippen molar-refractivity contribution in [1.29, 1.82) is 0 Å². The van der Waals surface area contributed by atoms with Crippen LogP contribution in [0.4, 0.5) is 11.4 Å².